The van der Waals surface area contributed by atoms with Gasteiger partial charge in [0, 0.05) is 10.4 Å². The van der Waals surface area contributed by atoms with Gasteiger partial charge in [0.05, 0.1) is 13.2 Å². The smallest absolute Gasteiger partial charge is 0.0717 e. The molecule has 1 aliphatic carbocycles. The third-order valence-corrected chi connectivity index (χ3v) is 4.72. The molecule has 0 radical (unpaired) electrons. The predicted molar refractivity (Wildman–Crippen MR) is 80.5 cm³/mol. The van der Waals surface area contributed by atoms with E-state index < -0.39 is 0 Å². The van der Waals surface area contributed by atoms with Gasteiger partial charge in [-0.3, -0.25) is 0 Å². The van der Waals surface area contributed by atoms with Crippen LogP contribution in [0, 0.1) is 5.41 Å². The minimum absolute atomic E-state index is 0.305. The minimum Gasteiger partial charge on any atom is -0.376 e. The van der Waals surface area contributed by atoms with E-state index in [1.165, 1.54) is 32.1 Å². The molecule has 0 spiro atoms. The number of ether oxygens (including phenoxy) is 1. The first-order valence-corrected chi connectivity index (χ1v) is 7.68. The molecule has 1 aliphatic rings. The summed E-state index contributed by atoms with van der Waals surface area (Å²) in [7, 11) is 0. The van der Waals surface area contributed by atoms with Crippen LogP contribution in [0.4, 0.5) is 0 Å². The largest absolute Gasteiger partial charge is 0.376 e. The summed E-state index contributed by atoms with van der Waals surface area (Å²) < 4.78 is 5.90. The summed E-state index contributed by atoms with van der Waals surface area (Å²) in [6, 6.07) is 7.88. The molecule has 0 heterocycles. The van der Waals surface area contributed by atoms with Gasteiger partial charge in [0.2, 0.25) is 0 Å². The van der Waals surface area contributed by atoms with Crippen LogP contribution >= 0.6 is 24.2 Å². The van der Waals surface area contributed by atoms with Gasteiger partial charge in [0.15, 0.2) is 0 Å². The van der Waals surface area contributed by atoms with Crippen LogP contribution in [0.3, 0.4) is 0 Å². The molecular formula is C15H21ClOS. The minimum atomic E-state index is 0.305. The molecule has 2 rings (SSSR count). The molecule has 0 aliphatic heterocycles. The molecule has 0 amide bonds. The van der Waals surface area contributed by atoms with Crippen LogP contribution in [0.5, 0.6) is 0 Å². The fourth-order valence-electron chi connectivity index (χ4n) is 2.66. The zero-order valence-electron chi connectivity index (χ0n) is 10.7. The van der Waals surface area contributed by atoms with E-state index in [-0.39, 0.29) is 0 Å². The van der Waals surface area contributed by atoms with E-state index in [4.69, 9.17) is 16.3 Å². The van der Waals surface area contributed by atoms with Gasteiger partial charge in [-0.15, -0.1) is 0 Å². The molecule has 0 aromatic heterocycles. The van der Waals surface area contributed by atoms with Crippen LogP contribution < -0.4 is 0 Å². The maximum Gasteiger partial charge on any atom is 0.0717 e. The van der Waals surface area contributed by atoms with Crippen molar-refractivity contribution in [2.75, 3.05) is 12.4 Å². The fourth-order valence-corrected chi connectivity index (χ4v) is 3.28. The Bertz CT molecular complexity index is 375. The quantitative estimate of drug-likeness (QED) is 0.769. The lowest BCUT2D eigenvalue weighted by molar-refractivity contribution is 0.0252. The van der Waals surface area contributed by atoms with Crippen LogP contribution in [0.25, 0.3) is 0 Å². The van der Waals surface area contributed by atoms with Crippen molar-refractivity contribution in [2.24, 2.45) is 5.41 Å². The van der Waals surface area contributed by atoms with Crippen LogP contribution in [0.15, 0.2) is 24.3 Å². The first-order valence-electron chi connectivity index (χ1n) is 6.67. The van der Waals surface area contributed by atoms with Crippen LogP contribution in [0.2, 0.25) is 5.02 Å². The number of hydrogen-bond acceptors (Lipinski definition) is 2. The Kier molecular flexibility index (Phi) is 5.40. The van der Waals surface area contributed by atoms with Crippen molar-refractivity contribution in [2.45, 2.75) is 38.7 Å². The van der Waals surface area contributed by atoms with Crippen LogP contribution in [-0.4, -0.2) is 12.4 Å². The Labute approximate surface area is 120 Å². The second-order valence-electron chi connectivity index (χ2n) is 5.34. The first kappa shape index (κ1) is 14.2. The molecule has 0 saturated heterocycles. The zero-order valence-corrected chi connectivity index (χ0v) is 12.4. The summed E-state index contributed by atoms with van der Waals surface area (Å²) in [5, 5.41) is 0.776. The van der Waals surface area contributed by atoms with Gasteiger partial charge in [0.1, 0.15) is 0 Å². The molecule has 1 saturated carbocycles. The Balaban J connectivity index is 1.83. The molecule has 18 heavy (non-hydrogen) atoms. The van der Waals surface area contributed by atoms with Gasteiger partial charge in [-0.05, 0) is 36.3 Å². The lowest BCUT2D eigenvalue weighted by Crippen LogP contribution is -2.31. The van der Waals surface area contributed by atoms with E-state index in [0.717, 1.165) is 22.9 Å². The molecular weight excluding hydrogens is 264 g/mol. The van der Waals surface area contributed by atoms with Gasteiger partial charge >= 0.3 is 0 Å². The first-order chi connectivity index (χ1) is 8.74. The van der Waals surface area contributed by atoms with Gasteiger partial charge in [-0.2, -0.15) is 12.6 Å². The molecule has 1 fully saturated rings. The van der Waals surface area contributed by atoms with Crippen molar-refractivity contribution in [3.8, 4) is 0 Å². The Morgan fingerprint density at radius 3 is 2.67 bits per heavy atom. The summed E-state index contributed by atoms with van der Waals surface area (Å²) in [4.78, 5) is 0. The van der Waals surface area contributed by atoms with E-state index in [2.05, 4.69) is 18.7 Å². The van der Waals surface area contributed by atoms with E-state index in [1.807, 2.05) is 18.2 Å². The van der Waals surface area contributed by atoms with E-state index >= 15 is 0 Å². The number of rotatable bonds is 5. The van der Waals surface area contributed by atoms with Crippen molar-refractivity contribution in [1.82, 2.24) is 0 Å². The van der Waals surface area contributed by atoms with Crippen molar-refractivity contribution in [3.63, 3.8) is 0 Å². The molecule has 0 bridgehead atoms. The van der Waals surface area contributed by atoms with Gasteiger partial charge < -0.3 is 4.74 Å². The summed E-state index contributed by atoms with van der Waals surface area (Å²) in [6.07, 6.45) is 6.52. The standard InChI is InChI=1S/C15H21ClOS/c16-14-6-4-5-13(9-14)10-17-11-15(12-18)7-2-1-3-8-15/h4-6,9,18H,1-3,7-8,10-12H2. The van der Waals surface area contributed by atoms with Gasteiger partial charge in [0.25, 0.3) is 0 Å². The summed E-state index contributed by atoms with van der Waals surface area (Å²) >= 11 is 10.5. The molecule has 1 aromatic rings. The topological polar surface area (TPSA) is 9.23 Å². The third-order valence-electron chi connectivity index (χ3n) is 3.82. The molecule has 1 aromatic carbocycles. The summed E-state index contributed by atoms with van der Waals surface area (Å²) in [5.74, 6) is 0.933. The van der Waals surface area contributed by atoms with Crippen molar-refractivity contribution >= 4 is 24.2 Å². The lowest BCUT2D eigenvalue weighted by Gasteiger charge is -2.35. The Hall–Kier alpha value is -0.180. The average molecular weight is 285 g/mol. The number of halogens is 1. The van der Waals surface area contributed by atoms with Gasteiger partial charge in [-0.25, -0.2) is 0 Å². The van der Waals surface area contributed by atoms with Crippen molar-refractivity contribution in [3.05, 3.63) is 34.9 Å². The zero-order chi connectivity index (χ0) is 12.8. The molecule has 100 valence electrons. The molecule has 0 N–H and O–H groups in total. The van der Waals surface area contributed by atoms with Crippen LogP contribution in [-0.2, 0) is 11.3 Å². The third kappa shape index (κ3) is 3.91. The molecule has 0 atom stereocenters. The highest BCUT2D eigenvalue weighted by Gasteiger charge is 2.30. The summed E-state index contributed by atoms with van der Waals surface area (Å²) in [5.41, 5.74) is 1.45. The second kappa shape index (κ2) is 6.83. The highest BCUT2D eigenvalue weighted by atomic mass is 35.5. The number of hydrogen-bond donors (Lipinski definition) is 1. The van der Waals surface area contributed by atoms with Gasteiger partial charge in [-0.1, -0.05) is 43.0 Å². The van der Waals surface area contributed by atoms with Crippen LogP contribution in [0.1, 0.15) is 37.7 Å². The normalized spacial score (nSPS) is 18.8. The maximum absolute atomic E-state index is 5.96. The van der Waals surface area contributed by atoms with E-state index in [1.54, 1.807) is 0 Å². The lowest BCUT2D eigenvalue weighted by atomic mass is 9.76. The average Bonchev–Trinajstić information content (AvgIpc) is 2.40. The predicted octanol–water partition coefficient (Wildman–Crippen LogP) is 4.74. The SMILES string of the molecule is SCC1(COCc2cccc(Cl)c2)CCCCC1. The summed E-state index contributed by atoms with van der Waals surface area (Å²) in [6.45, 7) is 1.47. The number of thiol groups is 1. The molecule has 0 unspecified atom stereocenters. The number of benzene rings is 1. The molecule has 3 heteroatoms. The monoisotopic (exact) mass is 284 g/mol. The van der Waals surface area contributed by atoms with E-state index in [9.17, 15) is 0 Å². The molecule has 1 nitrogen and oxygen atoms in total. The maximum atomic E-state index is 5.96. The van der Waals surface area contributed by atoms with Crippen molar-refractivity contribution < 1.29 is 4.74 Å². The Morgan fingerprint density at radius 2 is 2.00 bits per heavy atom. The Morgan fingerprint density at radius 1 is 1.22 bits per heavy atom. The highest BCUT2D eigenvalue weighted by Crippen LogP contribution is 2.37. The van der Waals surface area contributed by atoms with E-state index in [0.29, 0.717) is 12.0 Å². The fraction of sp³-hybridized carbons (Fsp3) is 0.600. The highest BCUT2D eigenvalue weighted by molar-refractivity contribution is 7.80. The van der Waals surface area contributed by atoms with Crippen molar-refractivity contribution in [1.29, 1.82) is 0 Å². The second-order valence-corrected chi connectivity index (χ2v) is 6.09.